The van der Waals surface area contributed by atoms with Crippen LogP contribution in [0.15, 0.2) is 54.6 Å². The average molecular weight is 298 g/mol. The van der Waals surface area contributed by atoms with Gasteiger partial charge in [-0.15, -0.1) is 0 Å². The summed E-state index contributed by atoms with van der Waals surface area (Å²) in [7, 11) is 0. The number of carbonyl (C=O) groups excluding carboxylic acids is 1. The van der Waals surface area contributed by atoms with Gasteiger partial charge >= 0.3 is 0 Å². The first-order valence-corrected chi connectivity index (χ1v) is 7.59. The third-order valence-corrected chi connectivity index (χ3v) is 3.09. The molecule has 2 rings (SSSR count). The van der Waals surface area contributed by atoms with Gasteiger partial charge in [-0.1, -0.05) is 25.1 Å². The second kappa shape index (κ2) is 8.72. The SMILES string of the molecule is CCCNc1ccc(NC(=O)CCOc2ccccc2)cc1. The molecule has 116 valence electrons. The fraction of sp³-hybridized carbons (Fsp3) is 0.278. The van der Waals surface area contributed by atoms with Gasteiger partial charge in [0.15, 0.2) is 0 Å². The number of ether oxygens (including phenoxy) is 1. The number of anilines is 2. The molecule has 0 bridgehead atoms. The lowest BCUT2D eigenvalue weighted by Gasteiger charge is -2.09. The minimum atomic E-state index is -0.0507. The molecule has 0 atom stereocenters. The monoisotopic (exact) mass is 298 g/mol. The summed E-state index contributed by atoms with van der Waals surface area (Å²) in [6.45, 7) is 3.44. The van der Waals surface area contributed by atoms with E-state index in [0.29, 0.717) is 13.0 Å². The molecule has 0 unspecified atom stereocenters. The maximum atomic E-state index is 11.9. The van der Waals surface area contributed by atoms with Gasteiger partial charge in [0, 0.05) is 17.9 Å². The van der Waals surface area contributed by atoms with Gasteiger partial charge < -0.3 is 15.4 Å². The molecule has 0 aromatic heterocycles. The van der Waals surface area contributed by atoms with Crippen LogP contribution in [0.2, 0.25) is 0 Å². The molecular formula is C18H22N2O2. The molecule has 0 radical (unpaired) electrons. The highest BCUT2D eigenvalue weighted by Crippen LogP contribution is 2.14. The molecule has 0 fully saturated rings. The molecule has 4 heteroatoms. The van der Waals surface area contributed by atoms with Crippen LogP contribution >= 0.6 is 0 Å². The van der Waals surface area contributed by atoms with E-state index in [1.54, 1.807) is 0 Å². The lowest BCUT2D eigenvalue weighted by atomic mass is 10.2. The first kappa shape index (κ1) is 15.9. The summed E-state index contributed by atoms with van der Waals surface area (Å²) >= 11 is 0. The molecule has 0 heterocycles. The number of benzene rings is 2. The topological polar surface area (TPSA) is 50.4 Å². The van der Waals surface area contributed by atoms with Crippen molar-refractivity contribution >= 4 is 17.3 Å². The van der Waals surface area contributed by atoms with Crippen molar-refractivity contribution in [3.63, 3.8) is 0 Å². The van der Waals surface area contributed by atoms with Gasteiger partial charge in [-0.2, -0.15) is 0 Å². The summed E-state index contributed by atoms with van der Waals surface area (Å²) in [4.78, 5) is 11.9. The molecule has 2 N–H and O–H groups in total. The normalized spacial score (nSPS) is 10.0. The van der Waals surface area contributed by atoms with E-state index in [4.69, 9.17) is 4.74 Å². The van der Waals surface area contributed by atoms with Crippen molar-refractivity contribution in [1.82, 2.24) is 0 Å². The molecule has 0 saturated carbocycles. The molecule has 0 aliphatic heterocycles. The van der Waals surface area contributed by atoms with Crippen LogP contribution in [-0.2, 0) is 4.79 Å². The number of para-hydroxylation sites is 1. The molecule has 2 aromatic carbocycles. The molecule has 0 aliphatic carbocycles. The first-order valence-electron chi connectivity index (χ1n) is 7.59. The second-order valence-electron chi connectivity index (χ2n) is 4.96. The van der Waals surface area contributed by atoms with E-state index in [1.807, 2.05) is 54.6 Å². The first-order chi connectivity index (χ1) is 10.8. The lowest BCUT2D eigenvalue weighted by molar-refractivity contribution is -0.116. The van der Waals surface area contributed by atoms with Gasteiger partial charge in [-0.25, -0.2) is 0 Å². The van der Waals surface area contributed by atoms with Gasteiger partial charge in [0.1, 0.15) is 5.75 Å². The van der Waals surface area contributed by atoms with Crippen LogP contribution in [0.5, 0.6) is 5.75 Å². The van der Waals surface area contributed by atoms with Crippen molar-refractivity contribution in [1.29, 1.82) is 0 Å². The van der Waals surface area contributed by atoms with Crippen LogP contribution in [0.25, 0.3) is 0 Å². The van der Waals surface area contributed by atoms with Crippen LogP contribution in [0, 0.1) is 0 Å². The molecule has 22 heavy (non-hydrogen) atoms. The summed E-state index contributed by atoms with van der Waals surface area (Å²) in [6.07, 6.45) is 1.41. The van der Waals surface area contributed by atoms with Gasteiger partial charge in [0.05, 0.1) is 13.0 Å². The maximum absolute atomic E-state index is 11.9. The van der Waals surface area contributed by atoms with Crippen molar-refractivity contribution in [2.24, 2.45) is 0 Å². The Morgan fingerprint density at radius 2 is 1.68 bits per heavy atom. The van der Waals surface area contributed by atoms with Gasteiger partial charge in [-0.3, -0.25) is 4.79 Å². The van der Waals surface area contributed by atoms with Crippen LogP contribution in [-0.4, -0.2) is 19.1 Å². The van der Waals surface area contributed by atoms with E-state index < -0.39 is 0 Å². The molecule has 0 saturated heterocycles. The molecule has 0 spiro atoms. The predicted molar refractivity (Wildman–Crippen MR) is 90.4 cm³/mol. The summed E-state index contributed by atoms with van der Waals surface area (Å²) in [5, 5.41) is 6.16. The Bertz CT molecular complexity index is 567. The summed E-state index contributed by atoms with van der Waals surface area (Å²) in [5.41, 5.74) is 1.86. The van der Waals surface area contributed by atoms with E-state index in [1.165, 1.54) is 0 Å². The zero-order valence-electron chi connectivity index (χ0n) is 12.8. The summed E-state index contributed by atoms with van der Waals surface area (Å²) in [5.74, 6) is 0.729. The Labute approximate surface area is 131 Å². The van der Waals surface area contributed by atoms with Crippen LogP contribution < -0.4 is 15.4 Å². The van der Waals surface area contributed by atoms with Gasteiger partial charge in [0.2, 0.25) is 5.91 Å². The zero-order chi connectivity index (χ0) is 15.6. The Balaban J connectivity index is 1.72. The minimum Gasteiger partial charge on any atom is -0.493 e. The third kappa shape index (κ3) is 5.48. The molecule has 2 aromatic rings. The Kier molecular flexibility index (Phi) is 6.30. The summed E-state index contributed by atoms with van der Waals surface area (Å²) < 4.78 is 5.51. The van der Waals surface area contributed by atoms with Crippen molar-refractivity contribution in [2.45, 2.75) is 19.8 Å². The minimum absolute atomic E-state index is 0.0507. The Morgan fingerprint density at radius 1 is 1.00 bits per heavy atom. The second-order valence-corrected chi connectivity index (χ2v) is 4.96. The number of nitrogens with one attached hydrogen (secondary N) is 2. The van der Waals surface area contributed by atoms with Crippen LogP contribution in [0.4, 0.5) is 11.4 Å². The van der Waals surface area contributed by atoms with Crippen molar-refractivity contribution in [3.8, 4) is 5.75 Å². The molecular weight excluding hydrogens is 276 g/mol. The predicted octanol–water partition coefficient (Wildman–Crippen LogP) is 3.92. The summed E-state index contributed by atoms with van der Waals surface area (Å²) in [6, 6.07) is 17.2. The number of hydrogen-bond donors (Lipinski definition) is 2. The average Bonchev–Trinajstić information content (AvgIpc) is 2.55. The Hall–Kier alpha value is -2.49. The number of hydrogen-bond acceptors (Lipinski definition) is 3. The number of amides is 1. The van der Waals surface area contributed by atoms with Gasteiger partial charge in [0.25, 0.3) is 0 Å². The van der Waals surface area contributed by atoms with Crippen molar-refractivity contribution in [2.75, 3.05) is 23.8 Å². The number of rotatable bonds is 8. The smallest absolute Gasteiger partial charge is 0.227 e. The third-order valence-electron chi connectivity index (χ3n) is 3.09. The van der Waals surface area contributed by atoms with E-state index >= 15 is 0 Å². The fourth-order valence-corrected chi connectivity index (χ4v) is 1.94. The van der Waals surface area contributed by atoms with Gasteiger partial charge in [-0.05, 0) is 42.8 Å². The van der Waals surface area contributed by atoms with E-state index in [9.17, 15) is 4.79 Å². The van der Waals surface area contributed by atoms with E-state index in [0.717, 1.165) is 30.1 Å². The Morgan fingerprint density at radius 3 is 2.36 bits per heavy atom. The largest absolute Gasteiger partial charge is 0.493 e. The van der Waals surface area contributed by atoms with Crippen LogP contribution in [0.1, 0.15) is 19.8 Å². The molecule has 1 amide bonds. The highest BCUT2D eigenvalue weighted by Gasteiger charge is 2.03. The fourth-order valence-electron chi connectivity index (χ4n) is 1.94. The van der Waals surface area contributed by atoms with Crippen molar-refractivity contribution in [3.05, 3.63) is 54.6 Å². The maximum Gasteiger partial charge on any atom is 0.227 e. The molecule has 4 nitrogen and oxygen atoms in total. The van der Waals surface area contributed by atoms with E-state index in [-0.39, 0.29) is 5.91 Å². The highest BCUT2D eigenvalue weighted by atomic mass is 16.5. The highest BCUT2D eigenvalue weighted by molar-refractivity contribution is 5.90. The van der Waals surface area contributed by atoms with Crippen LogP contribution in [0.3, 0.4) is 0 Å². The quantitative estimate of drug-likeness (QED) is 0.776. The lowest BCUT2D eigenvalue weighted by Crippen LogP contribution is -2.15. The van der Waals surface area contributed by atoms with E-state index in [2.05, 4.69) is 17.6 Å². The zero-order valence-corrected chi connectivity index (χ0v) is 12.8. The standard InChI is InChI=1S/C18H22N2O2/c1-2-13-19-15-8-10-16(11-9-15)20-18(21)12-14-22-17-6-4-3-5-7-17/h3-11,19H,2,12-14H2,1H3,(H,20,21). The molecule has 0 aliphatic rings. The number of carbonyl (C=O) groups is 1. The van der Waals surface area contributed by atoms with Crippen molar-refractivity contribution < 1.29 is 9.53 Å².